The molecule has 9 heteroatoms. The second kappa shape index (κ2) is 11.2. The van der Waals surface area contributed by atoms with Crippen LogP contribution in [0.5, 0.6) is 5.88 Å². The smallest absolute Gasteiger partial charge is 0.273 e. The molecule has 0 radical (unpaired) electrons. The van der Waals surface area contributed by atoms with E-state index in [1.807, 2.05) is 51.1 Å². The first-order valence-corrected chi connectivity index (χ1v) is 12.0. The van der Waals surface area contributed by atoms with Crippen molar-refractivity contribution < 1.29 is 18.7 Å². The van der Waals surface area contributed by atoms with Crippen molar-refractivity contribution in [2.75, 3.05) is 13.2 Å². The number of carbonyl (C=O) groups excluding carboxylic acids is 2. The number of pyridine rings is 1. The van der Waals surface area contributed by atoms with Gasteiger partial charge in [-0.05, 0) is 35.2 Å². The number of amides is 2. The van der Waals surface area contributed by atoms with Crippen molar-refractivity contribution in [3.63, 3.8) is 0 Å². The molecule has 4 rings (SSSR count). The van der Waals surface area contributed by atoms with Crippen LogP contribution in [0.1, 0.15) is 36.8 Å². The third-order valence-electron chi connectivity index (χ3n) is 5.81. The van der Waals surface area contributed by atoms with Gasteiger partial charge in [-0.3, -0.25) is 14.3 Å². The SMILES string of the molecule is CC(C)(C)[C@H](NC(=O)c1nn(Cc2ccc(F)cc2)c2ccccc12)C(=O)NCCOc1ccccn1. The number of carbonyl (C=O) groups is 2. The van der Waals surface area contributed by atoms with Gasteiger partial charge in [-0.25, -0.2) is 9.37 Å². The molecule has 2 aromatic heterocycles. The molecule has 4 aromatic rings. The van der Waals surface area contributed by atoms with Crippen molar-refractivity contribution in [1.29, 1.82) is 0 Å². The Hall–Kier alpha value is -4.27. The third kappa shape index (κ3) is 6.49. The van der Waals surface area contributed by atoms with Gasteiger partial charge in [-0.15, -0.1) is 0 Å². The summed E-state index contributed by atoms with van der Waals surface area (Å²) in [4.78, 5) is 30.5. The van der Waals surface area contributed by atoms with E-state index in [0.29, 0.717) is 17.8 Å². The Balaban J connectivity index is 1.47. The molecule has 0 aliphatic heterocycles. The molecule has 192 valence electrons. The van der Waals surface area contributed by atoms with Gasteiger partial charge in [-0.2, -0.15) is 5.10 Å². The number of benzene rings is 2. The Morgan fingerprint density at radius 2 is 1.76 bits per heavy atom. The molecule has 0 aliphatic rings. The van der Waals surface area contributed by atoms with Crippen LogP contribution in [0.2, 0.25) is 0 Å². The van der Waals surface area contributed by atoms with Gasteiger partial charge >= 0.3 is 0 Å². The van der Waals surface area contributed by atoms with Gasteiger partial charge in [-0.1, -0.05) is 57.2 Å². The van der Waals surface area contributed by atoms with Crippen LogP contribution in [-0.4, -0.2) is 45.8 Å². The molecule has 0 fully saturated rings. The molecule has 8 nitrogen and oxygen atoms in total. The predicted molar refractivity (Wildman–Crippen MR) is 139 cm³/mol. The van der Waals surface area contributed by atoms with E-state index in [2.05, 4.69) is 20.7 Å². The van der Waals surface area contributed by atoms with Crippen LogP contribution in [0.25, 0.3) is 10.9 Å². The van der Waals surface area contributed by atoms with E-state index in [-0.39, 0.29) is 30.6 Å². The number of nitrogens with zero attached hydrogens (tertiary/aromatic N) is 3. The summed E-state index contributed by atoms with van der Waals surface area (Å²) in [5.74, 6) is -0.612. The zero-order valence-electron chi connectivity index (χ0n) is 21.1. The van der Waals surface area contributed by atoms with E-state index in [4.69, 9.17) is 4.74 Å². The summed E-state index contributed by atoms with van der Waals surface area (Å²) in [5, 5.41) is 10.9. The predicted octanol–water partition coefficient (Wildman–Crippen LogP) is 3.96. The van der Waals surface area contributed by atoms with E-state index < -0.39 is 17.4 Å². The maximum Gasteiger partial charge on any atom is 0.273 e. The molecule has 0 spiro atoms. The van der Waals surface area contributed by atoms with Crippen LogP contribution in [-0.2, 0) is 11.3 Å². The number of para-hydroxylation sites is 1. The number of nitrogens with one attached hydrogen (secondary N) is 2. The highest BCUT2D eigenvalue weighted by Gasteiger charge is 2.34. The van der Waals surface area contributed by atoms with E-state index in [1.54, 1.807) is 35.1 Å². The number of rotatable bonds is 9. The molecule has 0 aliphatic carbocycles. The summed E-state index contributed by atoms with van der Waals surface area (Å²) >= 11 is 0. The maximum absolute atomic E-state index is 13.4. The average Bonchev–Trinajstić information content (AvgIpc) is 3.25. The van der Waals surface area contributed by atoms with Crippen molar-refractivity contribution in [1.82, 2.24) is 25.4 Å². The number of fused-ring (bicyclic) bond motifs is 1. The van der Waals surface area contributed by atoms with Crippen LogP contribution >= 0.6 is 0 Å². The molecule has 1 atom stereocenters. The molecule has 0 bridgehead atoms. The Labute approximate surface area is 214 Å². The second-order valence-electron chi connectivity index (χ2n) is 9.73. The third-order valence-corrected chi connectivity index (χ3v) is 5.81. The molecule has 2 aromatic carbocycles. The Kier molecular flexibility index (Phi) is 7.81. The molecule has 0 unspecified atom stereocenters. The topological polar surface area (TPSA) is 98.1 Å². The largest absolute Gasteiger partial charge is 0.476 e. The highest BCUT2D eigenvalue weighted by Crippen LogP contribution is 2.23. The Bertz CT molecular complexity index is 1360. The number of hydrogen-bond donors (Lipinski definition) is 2. The normalized spacial score (nSPS) is 12.2. The number of hydrogen-bond acceptors (Lipinski definition) is 5. The summed E-state index contributed by atoms with van der Waals surface area (Å²) in [5.41, 5.74) is 1.27. The first kappa shape index (κ1) is 25.8. The lowest BCUT2D eigenvalue weighted by molar-refractivity contribution is -0.125. The van der Waals surface area contributed by atoms with Gasteiger partial charge in [0.05, 0.1) is 18.6 Å². The number of ether oxygens (including phenoxy) is 1. The first-order valence-electron chi connectivity index (χ1n) is 12.0. The molecular weight excluding hydrogens is 473 g/mol. The fourth-order valence-electron chi connectivity index (χ4n) is 3.92. The van der Waals surface area contributed by atoms with Crippen molar-refractivity contribution in [2.24, 2.45) is 5.41 Å². The average molecular weight is 504 g/mol. The molecule has 2 heterocycles. The van der Waals surface area contributed by atoms with Gasteiger partial charge < -0.3 is 15.4 Å². The molecule has 0 saturated carbocycles. The second-order valence-corrected chi connectivity index (χ2v) is 9.73. The van der Waals surface area contributed by atoms with Gasteiger partial charge in [0.25, 0.3) is 5.91 Å². The molecule has 0 saturated heterocycles. The van der Waals surface area contributed by atoms with E-state index >= 15 is 0 Å². The van der Waals surface area contributed by atoms with E-state index in [0.717, 1.165) is 11.1 Å². The summed E-state index contributed by atoms with van der Waals surface area (Å²) < 4.78 is 20.6. The number of halogens is 1. The van der Waals surface area contributed by atoms with Gasteiger partial charge in [0.2, 0.25) is 11.8 Å². The number of aromatic nitrogens is 3. The van der Waals surface area contributed by atoms with Crippen LogP contribution in [0.15, 0.2) is 72.9 Å². The van der Waals surface area contributed by atoms with Crippen molar-refractivity contribution in [3.05, 3.63) is 90.0 Å². The van der Waals surface area contributed by atoms with Crippen molar-refractivity contribution in [2.45, 2.75) is 33.4 Å². The zero-order valence-corrected chi connectivity index (χ0v) is 21.1. The fourth-order valence-corrected chi connectivity index (χ4v) is 3.92. The van der Waals surface area contributed by atoms with E-state index in [1.165, 1.54) is 12.1 Å². The van der Waals surface area contributed by atoms with Crippen molar-refractivity contribution in [3.8, 4) is 5.88 Å². The van der Waals surface area contributed by atoms with Crippen LogP contribution < -0.4 is 15.4 Å². The standard InChI is InChI=1S/C28H30FN5O3/c1-28(2,3)25(27(36)31-16-17-37-23-10-6-7-15-30-23)32-26(35)24-21-8-4-5-9-22(21)34(33-24)18-19-11-13-20(29)14-12-19/h4-15,25H,16-18H2,1-3H3,(H,31,36)(H,32,35)/t25-/m1/s1. The minimum atomic E-state index is -0.809. The van der Waals surface area contributed by atoms with Crippen LogP contribution in [0.4, 0.5) is 4.39 Å². The maximum atomic E-state index is 13.4. The molecule has 2 amide bonds. The zero-order chi connectivity index (χ0) is 26.4. The summed E-state index contributed by atoms with van der Waals surface area (Å²) in [7, 11) is 0. The minimum absolute atomic E-state index is 0.221. The summed E-state index contributed by atoms with van der Waals surface area (Å²) in [6, 6.07) is 18.1. The summed E-state index contributed by atoms with van der Waals surface area (Å²) in [6.07, 6.45) is 1.63. The lowest BCUT2D eigenvalue weighted by Gasteiger charge is -2.30. The van der Waals surface area contributed by atoms with Crippen LogP contribution in [0, 0.1) is 11.2 Å². The highest BCUT2D eigenvalue weighted by molar-refractivity contribution is 6.06. The monoisotopic (exact) mass is 503 g/mol. The molecule has 2 N–H and O–H groups in total. The summed E-state index contributed by atoms with van der Waals surface area (Å²) in [6.45, 7) is 6.51. The van der Waals surface area contributed by atoms with Crippen molar-refractivity contribution >= 4 is 22.7 Å². The molecular formula is C28H30FN5O3. The minimum Gasteiger partial charge on any atom is -0.476 e. The molecule has 37 heavy (non-hydrogen) atoms. The lowest BCUT2D eigenvalue weighted by atomic mass is 9.86. The van der Waals surface area contributed by atoms with Gasteiger partial charge in [0, 0.05) is 17.6 Å². The lowest BCUT2D eigenvalue weighted by Crippen LogP contribution is -2.54. The first-order chi connectivity index (χ1) is 17.7. The fraction of sp³-hybridized carbons (Fsp3) is 0.286. The Morgan fingerprint density at radius 1 is 1.03 bits per heavy atom. The van der Waals surface area contributed by atoms with Gasteiger partial charge in [0.15, 0.2) is 5.69 Å². The highest BCUT2D eigenvalue weighted by atomic mass is 19.1. The quantitative estimate of drug-likeness (QED) is 0.337. The van der Waals surface area contributed by atoms with Gasteiger partial charge in [0.1, 0.15) is 18.5 Å². The van der Waals surface area contributed by atoms with E-state index in [9.17, 15) is 14.0 Å². The Morgan fingerprint density at radius 3 is 2.46 bits per heavy atom. The van der Waals surface area contributed by atoms with Crippen LogP contribution in [0.3, 0.4) is 0 Å².